The molecule has 5 rings (SSSR count). The van der Waals surface area contributed by atoms with E-state index in [2.05, 4.69) is 33.7 Å². The highest BCUT2D eigenvalue weighted by Crippen LogP contribution is 2.41. The normalized spacial score (nSPS) is 16.6. The Bertz CT molecular complexity index is 985. The van der Waals surface area contributed by atoms with Gasteiger partial charge in [0.1, 0.15) is 0 Å². The lowest BCUT2D eigenvalue weighted by Gasteiger charge is -2.28. The van der Waals surface area contributed by atoms with Crippen LogP contribution in [0.25, 0.3) is 16.9 Å². The first-order valence-corrected chi connectivity index (χ1v) is 11.0. The van der Waals surface area contributed by atoms with Crippen LogP contribution in [-0.4, -0.2) is 64.2 Å². The number of nitrogens with zero attached hydrogens (tertiary/aromatic N) is 6. The zero-order chi connectivity index (χ0) is 21.1. The van der Waals surface area contributed by atoms with Crippen LogP contribution < -0.4 is 4.90 Å². The van der Waals surface area contributed by atoms with Gasteiger partial charge < -0.3 is 14.4 Å². The molecular formula is C22H32N6O2. The number of hydrogen-bond acceptors (Lipinski definition) is 6. The second-order valence-corrected chi connectivity index (χ2v) is 7.59. The molecule has 0 N–H and O–H groups in total. The van der Waals surface area contributed by atoms with E-state index < -0.39 is 0 Å². The monoisotopic (exact) mass is 412 g/mol. The highest BCUT2D eigenvalue weighted by atomic mass is 16.5. The number of fused-ring (bicyclic) bond motifs is 1. The topological polar surface area (TPSA) is 69.7 Å². The molecule has 30 heavy (non-hydrogen) atoms. The van der Waals surface area contributed by atoms with Crippen LogP contribution in [0.15, 0.2) is 18.6 Å². The Hall–Kier alpha value is -2.45. The summed E-state index contributed by atoms with van der Waals surface area (Å²) in [4.78, 5) is 12.3. The van der Waals surface area contributed by atoms with Gasteiger partial charge in [-0.1, -0.05) is 13.8 Å². The van der Waals surface area contributed by atoms with Crippen molar-refractivity contribution in [2.45, 2.75) is 46.1 Å². The number of methoxy groups -OCH3 is 1. The van der Waals surface area contributed by atoms with Gasteiger partial charge in [-0.15, -0.1) is 0 Å². The van der Waals surface area contributed by atoms with Crippen molar-refractivity contribution in [3.63, 3.8) is 0 Å². The van der Waals surface area contributed by atoms with E-state index in [4.69, 9.17) is 19.4 Å². The van der Waals surface area contributed by atoms with E-state index in [1.165, 1.54) is 18.5 Å². The van der Waals surface area contributed by atoms with Gasteiger partial charge >= 0.3 is 0 Å². The minimum atomic E-state index is 0.573. The molecule has 4 heterocycles. The van der Waals surface area contributed by atoms with Crippen molar-refractivity contribution >= 4 is 11.5 Å². The van der Waals surface area contributed by atoms with Gasteiger partial charge in [-0.3, -0.25) is 9.08 Å². The second-order valence-electron chi connectivity index (χ2n) is 7.59. The first-order chi connectivity index (χ1) is 14.7. The Morgan fingerprint density at radius 3 is 2.60 bits per heavy atom. The van der Waals surface area contributed by atoms with Gasteiger partial charge in [0.05, 0.1) is 49.6 Å². The van der Waals surface area contributed by atoms with E-state index in [9.17, 15) is 0 Å². The lowest BCUT2D eigenvalue weighted by molar-refractivity contribution is 0.122. The SMILES string of the molecule is CC.COCCn1cc(-c2c(C)nc3c(N4CCOCC4)nc(C4CC4)cn23)cn1. The van der Waals surface area contributed by atoms with Crippen molar-refractivity contribution in [1.29, 1.82) is 0 Å². The summed E-state index contributed by atoms with van der Waals surface area (Å²) in [5, 5.41) is 4.49. The fourth-order valence-electron chi connectivity index (χ4n) is 3.87. The van der Waals surface area contributed by atoms with E-state index in [-0.39, 0.29) is 0 Å². The number of aryl methyl sites for hydroxylation is 1. The Balaban J connectivity index is 0.00000106. The number of rotatable bonds is 6. The predicted octanol–water partition coefficient (Wildman–Crippen LogP) is 3.29. The molecule has 0 atom stereocenters. The molecule has 0 radical (unpaired) electrons. The summed E-state index contributed by atoms with van der Waals surface area (Å²) < 4.78 is 14.8. The number of anilines is 1. The third kappa shape index (κ3) is 4.06. The van der Waals surface area contributed by atoms with Gasteiger partial charge in [0.2, 0.25) is 0 Å². The predicted molar refractivity (Wildman–Crippen MR) is 117 cm³/mol. The van der Waals surface area contributed by atoms with Crippen molar-refractivity contribution in [2.24, 2.45) is 0 Å². The van der Waals surface area contributed by atoms with Crippen LogP contribution in [0.3, 0.4) is 0 Å². The van der Waals surface area contributed by atoms with Gasteiger partial charge in [0.15, 0.2) is 11.5 Å². The third-order valence-corrected chi connectivity index (χ3v) is 5.52. The molecule has 1 aliphatic heterocycles. The molecule has 8 heteroatoms. The smallest absolute Gasteiger partial charge is 0.181 e. The van der Waals surface area contributed by atoms with E-state index in [0.717, 1.165) is 61.3 Å². The fraction of sp³-hybridized carbons (Fsp3) is 0.591. The van der Waals surface area contributed by atoms with Gasteiger partial charge in [-0.05, 0) is 19.8 Å². The molecular weight excluding hydrogens is 380 g/mol. The lowest BCUT2D eigenvalue weighted by atomic mass is 10.2. The molecule has 1 saturated carbocycles. The van der Waals surface area contributed by atoms with Gasteiger partial charge in [-0.25, -0.2) is 9.97 Å². The largest absolute Gasteiger partial charge is 0.383 e. The van der Waals surface area contributed by atoms with Crippen LogP contribution in [0.1, 0.15) is 44.0 Å². The zero-order valence-electron chi connectivity index (χ0n) is 18.5. The zero-order valence-corrected chi connectivity index (χ0v) is 18.5. The number of imidazole rings is 1. The number of hydrogen-bond donors (Lipinski definition) is 0. The number of aromatic nitrogens is 5. The Morgan fingerprint density at radius 2 is 1.90 bits per heavy atom. The summed E-state index contributed by atoms with van der Waals surface area (Å²) in [5.74, 6) is 1.55. The molecule has 2 fully saturated rings. The Kier molecular flexibility index (Phi) is 6.34. The van der Waals surface area contributed by atoms with E-state index >= 15 is 0 Å². The van der Waals surface area contributed by atoms with E-state index in [0.29, 0.717) is 12.5 Å². The average molecular weight is 413 g/mol. The highest BCUT2D eigenvalue weighted by molar-refractivity contribution is 5.73. The van der Waals surface area contributed by atoms with Gasteiger partial charge in [-0.2, -0.15) is 5.10 Å². The van der Waals surface area contributed by atoms with Crippen LogP contribution in [0.4, 0.5) is 5.82 Å². The van der Waals surface area contributed by atoms with Crippen LogP contribution in [0.2, 0.25) is 0 Å². The minimum absolute atomic E-state index is 0.573. The maximum atomic E-state index is 5.54. The number of ether oxygens (including phenoxy) is 2. The summed E-state index contributed by atoms with van der Waals surface area (Å²) in [6.07, 6.45) is 8.61. The highest BCUT2D eigenvalue weighted by Gasteiger charge is 2.29. The van der Waals surface area contributed by atoms with Crippen molar-refractivity contribution in [1.82, 2.24) is 24.1 Å². The molecule has 1 saturated heterocycles. The van der Waals surface area contributed by atoms with Crippen molar-refractivity contribution < 1.29 is 9.47 Å². The molecule has 8 nitrogen and oxygen atoms in total. The molecule has 0 unspecified atom stereocenters. The molecule has 1 aliphatic carbocycles. The molecule has 0 bridgehead atoms. The Labute approximate surface area is 177 Å². The van der Waals surface area contributed by atoms with Crippen molar-refractivity contribution in [2.75, 3.05) is 44.9 Å². The summed E-state index contributed by atoms with van der Waals surface area (Å²) in [7, 11) is 1.71. The first kappa shape index (κ1) is 20.8. The molecule has 0 amide bonds. The molecule has 3 aromatic rings. The maximum absolute atomic E-state index is 5.54. The van der Waals surface area contributed by atoms with Crippen LogP contribution in [-0.2, 0) is 16.0 Å². The average Bonchev–Trinajstić information content (AvgIpc) is 3.45. The molecule has 0 aromatic carbocycles. The summed E-state index contributed by atoms with van der Waals surface area (Å²) >= 11 is 0. The van der Waals surface area contributed by atoms with Crippen molar-refractivity contribution in [3.05, 3.63) is 30.0 Å². The summed E-state index contributed by atoms with van der Waals surface area (Å²) in [5.41, 5.74) is 5.25. The van der Waals surface area contributed by atoms with Crippen LogP contribution >= 0.6 is 0 Å². The van der Waals surface area contributed by atoms with E-state index in [1.807, 2.05) is 24.7 Å². The summed E-state index contributed by atoms with van der Waals surface area (Å²) in [6, 6.07) is 0. The maximum Gasteiger partial charge on any atom is 0.181 e. The minimum Gasteiger partial charge on any atom is -0.383 e. The molecule has 162 valence electrons. The van der Waals surface area contributed by atoms with Crippen molar-refractivity contribution in [3.8, 4) is 11.3 Å². The van der Waals surface area contributed by atoms with Crippen LogP contribution in [0.5, 0.6) is 0 Å². The van der Waals surface area contributed by atoms with Crippen LogP contribution in [0, 0.1) is 6.92 Å². The fourth-order valence-corrected chi connectivity index (χ4v) is 3.87. The molecule has 3 aromatic heterocycles. The number of morpholine rings is 1. The molecule has 2 aliphatic rings. The Morgan fingerprint density at radius 1 is 1.13 bits per heavy atom. The summed E-state index contributed by atoms with van der Waals surface area (Å²) in [6.45, 7) is 10.6. The van der Waals surface area contributed by atoms with Gasteiger partial charge in [0.25, 0.3) is 0 Å². The quantitative estimate of drug-likeness (QED) is 0.619. The first-order valence-electron chi connectivity index (χ1n) is 11.0. The van der Waals surface area contributed by atoms with Gasteiger partial charge in [0, 0.05) is 44.1 Å². The third-order valence-electron chi connectivity index (χ3n) is 5.52. The standard InChI is InChI=1S/C20H26N6O2.C2H6/c1-14-18(16-11-21-25(12-16)7-8-27-2)26-13-17(15-3-4-15)23-19(20(26)22-14)24-5-9-28-10-6-24;1-2/h11-13,15H,3-10H2,1-2H3;1-2H3. The second kappa shape index (κ2) is 9.14. The lowest BCUT2D eigenvalue weighted by Crippen LogP contribution is -2.37. The molecule has 0 spiro atoms. The van der Waals surface area contributed by atoms with E-state index in [1.54, 1.807) is 7.11 Å².